The van der Waals surface area contributed by atoms with E-state index in [1.165, 1.54) is 0 Å². The van der Waals surface area contributed by atoms with E-state index in [2.05, 4.69) is 31.4 Å². The van der Waals surface area contributed by atoms with E-state index in [0.717, 1.165) is 19.4 Å². The molecule has 0 amide bonds. The van der Waals surface area contributed by atoms with Crippen molar-refractivity contribution < 1.29 is 4.79 Å². The van der Waals surface area contributed by atoms with Gasteiger partial charge < -0.3 is 5.32 Å². The molecule has 0 aliphatic carbocycles. The second-order valence-electron chi connectivity index (χ2n) is 6.19. The summed E-state index contributed by atoms with van der Waals surface area (Å²) in [4.78, 5) is 11.8. The highest BCUT2D eigenvalue weighted by atomic mass is 16.1. The van der Waals surface area contributed by atoms with Crippen LogP contribution in [0.2, 0.25) is 0 Å². The summed E-state index contributed by atoms with van der Waals surface area (Å²) in [6.45, 7) is 11.3. The Morgan fingerprint density at radius 1 is 1.31 bits per heavy atom. The number of carbonyl (C=O) groups is 1. The number of hydrogen-bond acceptors (Lipinski definition) is 3. The monoisotopic (exact) mass is 226 g/mol. The fraction of sp³-hybridized carbons (Fsp3) is 0.923. The summed E-state index contributed by atoms with van der Waals surface area (Å²) in [5.74, 6) is 0.790. The number of nitrogens with one attached hydrogen (secondary N) is 2. The first kappa shape index (κ1) is 13.7. The summed E-state index contributed by atoms with van der Waals surface area (Å²) in [5, 5.41) is 6.95. The summed E-state index contributed by atoms with van der Waals surface area (Å²) >= 11 is 0. The van der Waals surface area contributed by atoms with Crippen LogP contribution in [0.4, 0.5) is 0 Å². The summed E-state index contributed by atoms with van der Waals surface area (Å²) in [6, 6.07) is 0. The van der Waals surface area contributed by atoms with Gasteiger partial charge in [-0.1, -0.05) is 13.8 Å². The first-order chi connectivity index (χ1) is 7.29. The summed E-state index contributed by atoms with van der Waals surface area (Å²) in [5.41, 5.74) is 0.132. The maximum absolute atomic E-state index is 11.8. The molecule has 1 fully saturated rings. The molecule has 2 atom stereocenters. The molecule has 0 spiro atoms. The molecule has 3 heteroatoms. The molecule has 16 heavy (non-hydrogen) atoms. The molecule has 0 radical (unpaired) electrons. The Labute approximate surface area is 99.4 Å². The van der Waals surface area contributed by atoms with Crippen molar-refractivity contribution in [3.8, 4) is 0 Å². The maximum atomic E-state index is 11.8. The van der Waals surface area contributed by atoms with Gasteiger partial charge in [0.2, 0.25) is 0 Å². The van der Waals surface area contributed by atoms with Gasteiger partial charge >= 0.3 is 0 Å². The Morgan fingerprint density at radius 3 is 2.31 bits per heavy atom. The van der Waals surface area contributed by atoms with E-state index in [0.29, 0.717) is 11.9 Å². The van der Waals surface area contributed by atoms with Crippen molar-refractivity contribution in [1.29, 1.82) is 0 Å². The van der Waals surface area contributed by atoms with Crippen LogP contribution in [0.5, 0.6) is 0 Å². The molecule has 1 rings (SSSR count). The van der Waals surface area contributed by atoms with Crippen LogP contribution in [0.3, 0.4) is 0 Å². The molecule has 2 N–H and O–H groups in total. The molecule has 1 saturated heterocycles. The zero-order valence-electron chi connectivity index (χ0n) is 11.3. The molecule has 1 aliphatic heterocycles. The van der Waals surface area contributed by atoms with Gasteiger partial charge in [0.25, 0.3) is 0 Å². The van der Waals surface area contributed by atoms with Gasteiger partial charge in [-0.2, -0.15) is 0 Å². The molecule has 94 valence electrons. The largest absolute Gasteiger partial charge is 0.301 e. The molecule has 0 aromatic carbocycles. The molecule has 1 aliphatic rings. The minimum absolute atomic E-state index is 0.132. The van der Waals surface area contributed by atoms with Crippen LogP contribution < -0.4 is 10.6 Å². The normalized spacial score (nSPS) is 27.1. The second-order valence-corrected chi connectivity index (χ2v) is 6.19. The van der Waals surface area contributed by atoms with E-state index in [-0.39, 0.29) is 17.4 Å². The molecule has 0 saturated carbocycles. The first-order valence-corrected chi connectivity index (χ1v) is 6.34. The van der Waals surface area contributed by atoms with Crippen LogP contribution in [0.15, 0.2) is 0 Å². The van der Waals surface area contributed by atoms with Crippen LogP contribution in [-0.4, -0.2) is 24.0 Å². The summed E-state index contributed by atoms with van der Waals surface area (Å²) in [7, 11) is 0. The van der Waals surface area contributed by atoms with Crippen molar-refractivity contribution >= 4 is 5.78 Å². The predicted molar refractivity (Wildman–Crippen MR) is 67.2 cm³/mol. The van der Waals surface area contributed by atoms with Crippen molar-refractivity contribution in [3.63, 3.8) is 0 Å². The van der Waals surface area contributed by atoms with Crippen LogP contribution in [0, 0.1) is 11.8 Å². The molecular formula is C13H26N2O. The number of Topliss-reactive ketones (excluding diaryl/α,β-unsaturated/α-hetero) is 1. The van der Waals surface area contributed by atoms with Gasteiger partial charge in [-0.15, -0.1) is 0 Å². The van der Waals surface area contributed by atoms with Gasteiger partial charge in [0.1, 0.15) is 5.78 Å². The van der Waals surface area contributed by atoms with Gasteiger partial charge in [0, 0.05) is 23.9 Å². The quantitative estimate of drug-likeness (QED) is 0.772. The zero-order chi connectivity index (χ0) is 12.3. The van der Waals surface area contributed by atoms with Crippen LogP contribution in [0.1, 0.15) is 47.5 Å². The lowest BCUT2D eigenvalue weighted by molar-refractivity contribution is -0.126. The molecular weight excluding hydrogens is 200 g/mol. The Kier molecular flexibility index (Phi) is 4.51. The number of ketones is 1. The third-order valence-corrected chi connectivity index (χ3v) is 2.99. The predicted octanol–water partition coefficient (Wildman–Crippen LogP) is 1.93. The average Bonchev–Trinajstić information content (AvgIpc) is 2.15. The first-order valence-electron chi connectivity index (χ1n) is 6.34. The zero-order valence-corrected chi connectivity index (χ0v) is 11.3. The number of carbonyl (C=O) groups excluding carboxylic acids is 1. The highest BCUT2D eigenvalue weighted by molar-refractivity contribution is 5.83. The Hall–Kier alpha value is -0.410. The summed E-state index contributed by atoms with van der Waals surface area (Å²) < 4.78 is 0. The van der Waals surface area contributed by atoms with Crippen LogP contribution >= 0.6 is 0 Å². The Morgan fingerprint density at radius 2 is 1.94 bits per heavy atom. The fourth-order valence-corrected chi connectivity index (χ4v) is 2.22. The van der Waals surface area contributed by atoms with Gasteiger partial charge in [-0.25, -0.2) is 0 Å². The number of rotatable bonds is 3. The number of piperidine rings is 1. The van der Waals surface area contributed by atoms with Crippen molar-refractivity contribution in [2.24, 2.45) is 11.8 Å². The molecule has 2 unspecified atom stereocenters. The molecule has 0 bridgehead atoms. The molecule has 0 aromatic rings. The molecule has 0 aromatic heterocycles. The number of hydrogen-bond donors (Lipinski definition) is 2. The highest BCUT2D eigenvalue weighted by Crippen LogP contribution is 2.18. The highest BCUT2D eigenvalue weighted by Gasteiger charge is 2.28. The minimum atomic E-state index is 0.132. The van der Waals surface area contributed by atoms with Gasteiger partial charge in [-0.3, -0.25) is 10.1 Å². The summed E-state index contributed by atoms with van der Waals surface area (Å²) in [6.07, 6.45) is 2.41. The third-order valence-electron chi connectivity index (χ3n) is 2.99. The smallest absolute Gasteiger partial charge is 0.139 e. The van der Waals surface area contributed by atoms with E-state index < -0.39 is 0 Å². The molecule has 3 nitrogen and oxygen atoms in total. The molecule has 1 heterocycles. The Balaban J connectivity index is 2.37. The lowest BCUT2D eigenvalue weighted by Crippen LogP contribution is -2.55. The van der Waals surface area contributed by atoms with E-state index in [1.54, 1.807) is 0 Å². The van der Waals surface area contributed by atoms with Gasteiger partial charge in [-0.05, 0) is 33.6 Å². The lowest BCUT2D eigenvalue weighted by Gasteiger charge is -2.35. The fourth-order valence-electron chi connectivity index (χ4n) is 2.22. The SMILES string of the molecule is CC(C)C(=O)C1CCC(NC(C)(C)C)NC1. The van der Waals surface area contributed by atoms with Crippen molar-refractivity contribution in [2.75, 3.05) is 6.54 Å². The van der Waals surface area contributed by atoms with E-state index in [4.69, 9.17) is 0 Å². The third kappa shape index (κ3) is 4.22. The van der Waals surface area contributed by atoms with Crippen molar-refractivity contribution in [2.45, 2.75) is 59.2 Å². The van der Waals surface area contributed by atoms with Gasteiger partial charge in [0.05, 0.1) is 6.17 Å². The average molecular weight is 226 g/mol. The topological polar surface area (TPSA) is 41.1 Å². The van der Waals surface area contributed by atoms with Crippen molar-refractivity contribution in [3.05, 3.63) is 0 Å². The Bertz CT molecular complexity index is 235. The van der Waals surface area contributed by atoms with Gasteiger partial charge in [0.15, 0.2) is 0 Å². The van der Waals surface area contributed by atoms with E-state index in [9.17, 15) is 4.79 Å². The van der Waals surface area contributed by atoms with Crippen LogP contribution in [-0.2, 0) is 4.79 Å². The van der Waals surface area contributed by atoms with E-state index in [1.807, 2.05) is 13.8 Å². The van der Waals surface area contributed by atoms with E-state index >= 15 is 0 Å². The van der Waals surface area contributed by atoms with Crippen molar-refractivity contribution in [1.82, 2.24) is 10.6 Å². The van der Waals surface area contributed by atoms with Crippen LogP contribution in [0.25, 0.3) is 0 Å². The maximum Gasteiger partial charge on any atom is 0.139 e. The standard InChI is InChI=1S/C13H26N2O/c1-9(2)12(16)10-6-7-11(14-8-10)15-13(3,4)5/h9-11,14-15H,6-8H2,1-5H3. The lowest BCUT2D eigenvalue weighted by atomic mass is 9.88. The second kappa shape index (κ2) is 5.28. The minimum Gasteiger partial charge on any atom is -0.301 e.